The molecule has 0 N–H and O–H groups in total. The Balaban J connectivity index is 2.97. The number of rotatable bonds is 1. The molecular formula is C8H12O2Si. The van der Waals surface area contributed by atoms with Gasteiger partial charge in [0, 0.05) is 6.08 Å². The van der Waals surface area contributed by atoms with Crippen LogP contribution in [0, 0.1) is 0 Å². The van der Waals surface area contributed by atoms with Gasteiger partial charge in [0.05, 0.1) is 8.07 Å². The van der Waals surface area contributed by atoms with Gasteiger partial charge < -0.3 is 4.74 Å². The van der Waals surface area contributed by atoms with Crippen molar-refractivity contribution in [2.45, 2.75) is 19.6 Å². The summed E-state index contributed by atoms with van der Waals surface area (Å²) in [5, 5.41) is 1.03. The molecule has 0 bridgehead atoms. The van der Waals surface area contributed by atoms with Gasteiger partial charge in [-0.15, -0.1) is 0 Å². The summed E-state index contributed by atoms with van der Waals surface area (Å²) in [5.41, 5.74) is 0. The minimum Gasteiger partial charge on any atom is -0.424 e. The van der Waals surface area contributed by atoms with E-state index in [2.05, 4.69) is 26.2 Å². The van der Waals surface area contributed by atoms with E-state index >= 15 is 0 Å². The third-order valence-corrected chi connectivity index (χ3v) is 3.63. The van der Waals surface area contributed by atoms with Gasteiger partial charge in [-0.3, -0.25) is 0 Å². The molecule has 0 aromatic carbocycles. The molecule has 0 radical (unpaired) electrons. The van der Waals surface area contributed by atoms with Crippen molar-refractivity contribution in [3.63, 3.8) is 0 Å². The maximum atomic E-state index is 10.8. The van der Waals surface area contributed by atoms with E-state index in [9.17, 15) is 4.79 Å². The Morgan fingerprint density at radius 1 is 1.45 bits per heavy atom. The maximum absolute atomic E-state index is 10.8. The molecule has 1 heterocycles. The fourth-order valence-electron chi connectivity index (χ4n) is 1.04. The summed E-state index contributed by atoms with van der Waals surface area (Å²) in [4.78, 5) is 10.8. The van der Waals surface area contributed by atoms with Crippen molar-refractivity contribution in [3.8, 4) is 0 Å². The number of allylic oxidation sites excluding steroid dienone is 1. The number of carbonyl (C=O) groups is 1. The molecule has 0 aromatic heterocycles. The summed E-state index contributed by atoms with van der Waals surface area (Å²) < 4.78 is 4.81. The summed E-state index contributed by atoms with van der Waals surface area (Å²) in [6.45, 7) is 10.2. The second-order valence-corrected chi connectivity index (χ2v) is 8.69. The molecule has 2 nitrogen and oxygen atoms in total. The maximum Gasteiger partial charge on any atom is 0.336 e. The normalized spacial score (nSPS) is 18.3. The van der Waals surface area contributed by atoms with Crippen LogP contribution in [0.3, 0.4) is 0 Å². The molecule has 11 heavy (non-hydrogen) atoms. The zero-order valence-corrected chi connectivity index (χ0v) is 8.10. The van der Waals surface area contributed by atoms with Gasteiger partial charge >= 0.3 is 5.97 Å². The van der Waals surface area contributed by atoms with Crippen LogP contribution in [-0.2, 0) is 9.53 Å². The number of hydrogen-bond donors (Lipinski definition) is 0. The van der Waals surface area contributed by atoms with Gasteiger partial charge in [-0.2, -0.15) is 0 Å². The summed E-state index contributed by atoms with van der Waals surface area (Å²) in [7, 11) is -1.41. The van der Waals surface area contributed by atoms with Crippen molar-refractivity contribution < 1.29 is 9.53 Å². The molecule has 0 spiro atoms. The number of cyclic esters (lactones) is 1. The van der Waals surface area contributed by atoms with E-state index < -0.39 is 8.07 Å². The van der Waals surface area contributed by atoms with Crippen LogP contribution in [0.5, 0.6) is 0 Å². The van der Waals surface area contributed by atoms with Crippen molar-refractivity contribution in [3.05, 3.63) is 23.6 Å². The lowest BCUT2D eigenvalue weighted by molar-refractivity contribution is -0.132. The average Bonchev–Trinajstić information content (AvgIpc) is 2.08. The highest BCUT2D eigenvalue weighted by Gasteiger charge is 2.29. The van der Waals surface area contributed by atoms with Gasteiger partial charge in [0.2, 0.25) is 0 Å². The van der Waals surface area contributed by atoms with E-state index in [4.69, 9.17) is 4.74 Å². The smallest absolute Gasteiger partial charge is 0.336 e. The fraction of sp³-hybridized carbons (Fsp3) is 0.375. The lowest BCUT2D eigenvalue weighted by atomic mass is 10.5. The predicted molar refractivity (Wildman–Crippen MR) is 46.7 cm³/mol. The highest BCUT2D eigenvalue weighted by atomic mass is 28.3. The topological polar surface area (TPSA) is 26.3 Å². The van der Waals surface area contributed by atoms with E-state index in [0.29, 0.717) is 5.76 Å². The SMILES string of the molecule is C=C1OC(=O)C=C1[Si](C)(C)C. The minimum absolute atomic E-state index is 0.271. The molecule has 60 valence electrons. The summed E-state index contributed by atoms with van der Waals surface area (Å²) in [6, 6.07) is 0. The van der Waals surface area contributed by atoms with Crippen molar-refractivity contribution in [1.29, 1.82) is 0 Å². The van der Waals surface area contributed by atoms with Gasteiger partial charge in [-0.1, -0.05) is 26.2 Å². The summed E-state index contributed by atoms with van der Waals surface area (Å²) in [6.07, 6.45) is 1.56. The molecule has 1 aliphatic rings. The van der Waals surface area contributed by atoms with Crippen molar-refractivity contribution in [2.24, 2.45) is 0 Å². The Morgan fingerprint density at radius 2 is 2.00 bits per heavy atom. The zero-order valence-electron chi connectivity index (χ0n) is 7.10. The number of carbonyl (C=O) groups excluding carboxylic acids is 1. The second-order valence-electron chi connectivity index (χ2n) is 3.65. The van der Waals surface area contributed by atoms with Crippen LogP contribution in [0.25, 0.3) is 0 Å². The lowest BCUT2D eigenvalue weighted by Gasteiger charge is -2.16. The molecule has 0 amide bonds. The Morgan fingerprint density at radius 3 is 2.18 bits per heavy atom. The van der Waals surface area contributed by atoms with E-state index in [-0.39, 0.29) is 5.97 Å². The van der Waals surface area contributed by atoms with E-state index in [1.165, 1.54) is 0 Å². The van der Waals surface area contributed by atoms with Crippen LogP contribution in [0.4, 0.5) is 0 Å². The molecule has 0 unspecified atom stereocenters. The van der Waals surface area contributed by atoms with Gasteiger partial charge in [-0.05, 0) is 5.20 Å². The molecular weight excluding hydrogens is 156 g/mol. The minimum atomic E-state index is -1.41. The van der Waals surface area contributed by atoms with Crippen molar-refractivity contribution in [2.75, 3.05) is 0 Å². The van der Waals surface area contributed by atoms with Crippen LogP contribution < -0.4 is 0 Å². The van der Waals surface area contributed by atoms with Crippen LogP contribution in [0.15, 0.2) is 23.6 Å². The molecule has 0 atom stereocenters. The molecule has 0 saturated heterocycles. The average molecular weight is 168 g/mol. The number of esters is 1. The van der Waals surface area contributed by atoms with Crippen LogP contribution in [0.2, 0.25) is 19.6 Å². The number of hydrogen-bond acceptors (Lipinski definition) is 2. The molecule has 0 aliphatic carbocycles. The Kier molecular flexibility index (Phi) is 1.76. The highest BCUT2D eigenvalue weighted by molar-refractivity contribution is 6.84. The molecule has 1 rings (SSSR count). The van der Waals surface area contributed by atoms with E-state index in [1.54, 1.807) is 6.08 Å². The molecule has 0 aromatic rings. The zero-order chi connectivity index (χ0) is 8.65. The van der Waals surface area contributed by atoms with Crippen molar-refractivity contribution in [1.82, 2.24) is 0 Å². The largest absolute Gasteiger partial charge is 0.424 e. The molecule has 0 saturated carbocycles. The molecule has 3 heteroatoms. The summed E-state index contributed by atoms with van der Waals surface area (Å²) >= 11 is 0. The Labute approximate surface area is 67.6 Å². The van der Waals surface area contributed by atoms with Gasteiger partial charge in [0.1, 0.15) is 5.76 Å². The first-order chi connectivity index (χ1) is 4.91. The Hall–Kier alpha value is -0.833. The lowest BCUT2D eigenvalue weighted by Crippen LogP contribution is -2.23. The van der Waals surface area contributed by atoms with Crippen LogP contribution in [-0.4, -0.2) is 14.0 Å². The quantitative estimate of drug-likeness (QED) is 0.441. The predicted octanol–water partition coefficient (Wildman–Crippen LogP) is 1.86. The molecule has 0 fully saturated rings. The second kappa shape index (κ2) is 2.34. The first kappa shape index (κ1) is 8.27. The first-order valence-electron chi connectivity index (χ1n) is 3.54. The standard InChI is InChI=1S/C8H12O2Si/c1-6-7(11(2,3)4)5-8(9)10-6/h5H,1H2,2-4H3. The third kappa shape index (κ3) is 1.60. The highest BCUT2D eigenvalue weighted by Crippen LogP contribution is 2.26. The van der Waals surface area contributed by atoms with Crippen molar-refractivity contribution >= 4 is 14.0 Å². The monoisotopic (exact) mass is 168 g/mol. The Bertz CT molecular complexity index is 245. The first-order valence-corrected chi connectivity index (χ1v) is 7.04. The fourth-order valence-corrected chi connectivity index (χ4v) is 2.48. The third-order valence-electron chi connectivity index (χ3n) is 1.59. The van der Waals surface area contributed by atoms with Crippen LogP contribution >= 0.6 is 0 Å². The van der Waals surface area contributed by atoms with Gasteiger partial charge in [0.15, 0.2) is 0 Å². The van der Waals surface area contributed by atoms with Gasteiger partial charge in [0.25, 0.3) is 0 Å². The van der Waals surface area contributed by atoms with Crippen LogP contribution in [0.1, 0.15) is 0 Å². The molecule has 1 aliphatic heterocycles. The summed E-state index contributed by atoms with van der Waals surface area (Å²) in [5.74, 6) is 0.279. The van der Waals surface area contributed by atoms with Gasteiger partial charge in [-0.25, -0.2) is 4.79 Å². The van der Waals surface area contributed by atoms with E-state index in [0.717, 1.165) is 5.20 Å². The van der Waals surface area contributed by atoms with E-state index in [1.807, 2.05) is 0 Å². The number of ether oxygens (including phenoxy) is 1.